The van der Waals surface area contributed by atoms with Crippen molar-refractivity contribution in [2.75, 3.05) is 14.2 Å². The van der Waals surface area contributed by atoms with Crippen LogP contribution in [0.3, 0.4) is 0 Å². The molecule has 0 unspecified atom stereocenters. The molecule has 7 heteroatoms. The van der Waals surface area contributed by atoms with Gasteiger partial charge in [0.2, 0.25) is 0 Å². The molecule has 0 amide bonds. The van der Waals surface area contributed by atoms with Gasteiger partial charge in [0.05, 0.1) is 18.9 Å². The third kappa shape index (κ3) is 5.58. The molecule has 25 heavy (non-hydrogen) atoms. The number of carbonyl (C=O) groups is 1. The zero-order chi connectivity index (χ0) is 18.1. The molecule has 0 fully saturated rings. The molecule has 0 aliphatic heterocycles. The van der Waals surface area contributed by atoms with Crippen LogP contribution >= 0.6 is 12.2 Å². The van der Waals surface area contributed by atoms with Crippen molar-refractivity contribution in [2.24, 2.45) is 5.10 Å². The Morgan fingerprint density at radius 1 is 1.20 bits per heavy atom. The predicted octanol–water partition coefficient (Wildman–Crippen LogP) is 2.48. The number of esters is 1. The van der Waals surface area contributed by atoms with Crippen LogP contribution in [-0.4, -0.2) is 31.5 Å². The smallest absolute Gasteiger partial charge is 0.337 e. The molecule has 6 nitrogen and oxygen atoms in total. The first-order valence-corrected chi connectivity index (χ1v) is 7.94. The van der Waals surface area contributed by atoms with Gasteiger partial charge in [-0.15, -0.1) is 0 Å². The number of hydrazone groups is 1. The van der Waals surface area contributed by atoms with Crippen LogP contribution in [0.2, 0.25) is 0 Å². The maximum atomic E-state index is 11.4. The van der Waals surface area contributed by atoms with Gasteiger partial charge < -0.3 is 14.8 Å². The van der Waals surface area contributed by atoms with Gasteiger partial charge in [-0.25, -0.2) is 4.79 Å². The Kier molecular flexibility index (Phi) is 6.91. The molecule has 0 aromatic heterocycles. The second-order valence-electron chi connectivity index (χ2n) is 4.96. The number of methoxy groups -OCH3 is 1. The zero-order valence-corrected chi connectivity index (χ0v) is 14.8. The SMILES string of the molecule is CNC(=S)NN=Cc1ccccc1OCc1ccc(C(=O)OC)cc1. The Hall–Kier alpha value is -2.93. The quantitative estimate of drug-likeness (QED) is 0.358. The van der Waals surface area contributed by atoms with E-state index in [1.807, 2.05) is 36.4 Å². The van der Waals surface area contributed by atoms with E-state index in [1.54, 1.807) is 25.4 Å². The molecule has 0 radical (unpaired) electrons. The van der Waals surface area contributed by atoms with Crippen molar-refractivity contribution in [3.05, 3.63) is 65.2 Å². The molecule has 0 bridgehead atoms. The molecule has 2 N–H and O–H groups in total. The van der Waals surface area contributed by atoms with E-state index in [4.69, 9.17) is 17.0 Å². The maximum absolute atomic E-state index is 11.4. The van der Waals surface area contributed by atoms with Gasteiger partial charge in [-0.3, -0.25) is 5.43 Å². The van der Waals surface area contributed by atoms with E-state index in [9.17, 15) is 4.79 Å². The van der Waals surface area contributed by atoms with Crippen molar-refractivity contribution >= 4 is 29.5 Å². The van der Waals surface area contributed by atoms with E-state index >= 15 is 0 Å². The summed E-state index contributed by atoms with van der Waals surface area (Å²) in [7, 11) is 3.07. The van der Waals surface area contributed by atoms with E-state index in [0.717, 1.165) is 11.1 Å². The monoisotopic (exact) mass is 357 g/mol. The summed E-state index contributed by atoms with van der Waals surface area (Å²) in [5.74, 6) is 0.335. The molecule has 0 atom stereocenters. The Morgan fingerprint density at radius 2 is 1.92 bits per heavy atom. The molecule has 130 valence electrons. The Bertz CT molecular complexity index is 760. The van der Waals surface area contributed by atoms with Crippen LogP contribution in [0.25, 0.3) is 0 Å². The first-order chi connectivity index (χ1) is 12.1. The highest BCUT2D eigenvalue weighted by Crippen LogP contribution is 2.18. The van der Waals surface area contributed by atoms with Crippen LogP contribution in [0.5, 0.6) is 5.75 Å². The fourth-order valence-electron chi connectivity index (χ4n) is 1.95. The first-order valence-electron chi connectivity index (χ1n) is 7.54. The molecular formula is C18H19N3O3S. The fourth-order valence-corrected chi connectivity index (χ4v) is 2.00. The summed E-state index contributed by atoms with van der Waals surface area (Å²) in [5, 5.41) is 7.26. The second-order valence-corrected chi connectivity index (χ2v) is 5.37. The number of rotatable bonds is 6. The summed E-state index contributed by atoms with van der Waals surface area (Å²) in [6, 6.07) is 14.6. The molecule has 0 aliphatic carbocycles. The van der Waals surface area contributed by atoms with Crippen molar-refractivity contribution in [2.45, 2.75) is 6.61 Å². The van der Waals surface area contributed by atoms with Crippen LogP contribution in [0.15, 0.2) is 53.6 Å². The van der Waals surface area contributed by atoms with E-state index in [0.29, 0.717) is 23.0 Å². The average Bonchev–Trinajstić information content (AvgIpc) is 2.66. The molecule has 0 spiro atoms. The highest BCUT2D eigenvalue weighted by atomic mass is 32.1. The lowest BCUT2D eigenvalue weighted by atomic mass is 10.1. The molecule has 0 aliphatic rings. The fraction of sp³-hybridized carbons (Fsp3) is 0.167. The van der Waals surface area contributed by atoms with Crippen molar-refractivity contribution in [3.63, 3.8) is 0 Å². The second kappa shape index (κ2) is 9.39. The van der Waals surface area contributed by atoms with E-state index in [-0.39, 0.29) is 5.97 Å². The maximum Gasteiger partial charge on any atom is 0.337 e. The highest BCUT2D eigenvalue weighted by Gasteiger charge is 2.05. The molecule has 0 saturated carbocycles. The number of nitrogens with zero attached hydrogens (tertiary/aromatic N) is 1. The summed E-state index contributed by atoms with van der Waals surface area (Å²) in [4.78, 5) is 11.4. The first kappa shape index (κ1) is 18.4. The predicted molar refractivity (Wildman–Crippen MR) is 101 cm³/mol. The summed E-state index contributed by atoms with van der Waals surface area (Å²) >= 11 is 4.96. The Balaban J connectivity index is 2.01. The standard InChI is InChI=1S/C18H19N3O3S/c1-19-18(25)21-20-11-15-5-3-4-6-16(15)24-12-13-7-9-14(10-8-13)17(22)23-2/h3-11H,12H2,1-2H3,(H2,19,21,25). The van der Waals surface area contributed by atoms with E-state index < -0.39 is 0 Å². The minimum atomic E-state index is -0.360. The minimum absolute atomic E-state index is 0.360. The molecule has 0 heterocycles. The summed E-state index contributed by atoms with van der Waals surface area (Å²) in [6.45, 7) is 0.370. The number of hydrogen-bond acceptors (Lipinski definition) is 5. The van der Waals surface area contributed by atoms with Gasteiger partial charge in [-0.1, -0.05) is 24.3 Å². The van der Waals surface area contributed by atoms with Gasteiger partial charge >= 0.3 is 5.97 Å². The zero-order valence-electron chi connectivity index (χ0n) is 14.0. The topological polar surface area (TPSA) is 72.0 Å². The van der Waals surface area contributed by atoms with Crippen molar-refractivity contribution < 1.29 is 14.3 Å². The molecular weight excluding hydrogens is 338 g/mol. The van der Waals surface area contributed by atoms with Gasteiger partial charge in [-0.2, -0.15) is 5.10 Å². The number of benzene rings is 2. The molecule has 0 saturated heterocycles. The van der Waals surface area contributed by atoms with Crippen LogP contribution in [-0.2, 0) is 11.3 Å². The van der Waals surface area contributed by atoms with Crippen molar-refractivity contribution in [3.8, 4) is 5.75 Å². The van der Waals surface area contributed by atoms with Crippen LogP contribution < -0.4 is 15.5 Å². The normalized spacial score (nSPS) is 10.3. The third-order valence-electron chi connectivity index (χ3n) is 3.29. The van der Waals surface area contributed by atoms with Gasteiger partial charge in [0.25, 0.3) is 0 Å². The lowest BCUT2D eigenvalue weighted by Gasteiger charge is -2.09. The van der Waals surface area contributed by atoms with Crippen molar-refractivity contribution in [1.29, 1.82) is 0 Å². The Morgan fingerprint density at radius 3 is 2.60 bits per heavy atom. The van der Waals surface area contributed by atoms with Crippen LogP contribution in [0.4, 0.5) is 0 Å². The van der Waals surface area contributed by atoms with Crippen LogP contribution in [0, 0.1) is 0 Å². The number of ether oxygens (including phenoxy) is 2. The summed E-state index contributed by atoms with van der Waals surface area (Å²) in [6.07, 6.45) is 1.64. The summed E-state index contributed by atoms with van der Waals surface area (Å²) in [5.41, 5.74) is 4.96. The van der Waals surface area contributed by atoms with Gasteiger partial charge in [-0.05, 0) is 42.0 Å². The molecule has 2 rings (SSSR count). The number of carbonyl (C=O) groups excluding carboxylic acids is 1. The lowest BCUT2D eigenvalue weighted by Crippen LogP contribution is -2.28. The number of para-hydroxylation sites is 1. The lowest BCUT2D eigenvalue weighted by molar-refractivity contribution is 0.0600. The van der Waals surface area contributed by atoms with Gasteiger partial charge in [0.15, 0.2) is 5.11 Å². The number of hydrogen-bond donors (Lipinski definition) is 2. The minimum Gasteiger partial charge on any atom is -0.488 e. The molecule has 2 aromatic rings. The van der Waals surface area contributed by atoms with E-state index in [2.05, 4.69) is 20.6 Å². The largest absolute Gasteiger partial charge is 0.488 e. The summed E-state index contributed by atoms with van der Waals surface area (Å²) < 4.78 is 10.5. The highest BCUT2D eigenvalue weighted by molar-refractivity contribution is 7.80. The average molecular weight is 357 g/mol. The molecule has 2 aromatic carbocycles. The van der Waals surface area contributed by atoms with Gasteiger partial charge in [0.1, 0.15) is 12.4 Å². The Labute approximate surface area is 151 Å². The number of thiocarbonyl (C=S) groups is 1. The van der Waals surface area contributed by atoms with Gasteiger partial charge in [0, 0.05) is 12.6 Å². The van der Waals surface area contributed by atoms with Crippen LogP contribution in [0.1, 0.15) is 21.5 Å². The van der Waals surface area contributed by atoms with Crippen molar-refractivity contribution in [1.82, 2.24) is 10.7 Å². The van der Waals surface area contributed by atoms with E-state index in [1.165, 1.54) is 7.11 Å². The number of nitrogens with one attached hydrogen (secondary N) is 2. The third-order valence-corrected chi connectivity index (χ3v) is 3.58.